The van der Waals surface area contributed by atoms with Gasteiger partial charge >= 0.3 is 0 Å². The molecule has 4 nitrogen and oxygen atoms in total. The quantitative estimate of drug-likeness (QED) is 0.794. The number of aryl methyl sites for hydroxylation is 1. The Hall–Kier alpha value is -1.03. The number of aromatic nitrogens is 2. The fourth-order valence-electron chi connectivity index (χ4n) is 1.72. The van der Waals surface area contributed by atoms with Crippen molar-refractivity contribution in [1.29, 1.82) is 0 Å². The van der Waals surface area contributed by atoms with Gasteiger partial charge in [0, 0.05) is 25.5 Å². The predicted molar refractivity (Wildman–Crippen MR) is 55.4 cm³/mol. The van der Waals surface area contributed by atoms with Crippen LogP contribution in [0.5, 0.6) is 0 Å². The number of rotatable bonds is 3. The Balaban J connectivity index is 2.09. The number of ether oxygens (including phenoxy) is 1. The van der Waals surface area contributed by atoms with Crippen LogP contribution in [0.1, 0.15) is 20.3 Å². The van der Waals surface area contributed by atoms with Crippen LogP contribution in [0.4, 0.5) is 5.95 Å². The Morgan fingerprint density at radius 3 is 3.21 bits per heavy atom. The van der Waals surface area contributed by atoms with Crippen LogP contribution >= 0.6 is 0 Å². The normalized spacial score (nSPS) is 26.7. The summed E-state index contributed by atoms with van der Waals surface area (Å²) in [6.45, 7) is 6.84. The maximum atomic E-state index is 5.38. The molecule has 1 unspecified atom stereocenters. The fourth-order valence-corrected chi connectivity index (χ4v) is 1.72. The summed E-state index contributed by atoms with van der Waals surface area (Å²) in [7, 11) is 0. The fraction of sp³-hybridized carbons (Fsp3) is 0.700. The van der Waals surface area contributed by atoms with Crippen LogP contribution < -0.4 is 5.32 Å². The summed E-state index contributed by atoms with van der Waals surface area (Å²) in [5.74, 6) is 0.945. The van der Waals surface area contributed by atoms with Gasteiger partial charge in [0.2, 0.25) is 5.95 Å². The molecule has 1 N–H and O–H groups in total. The zero-order chi connectivity index (χ0) is 10.0. The van der Waals surface area contributed by atoms with Crippen LogP contribution in [0.15, 0.2) is 12.4 Å². The van der Waals surface area contributed by atoms with Crippen molar-refractivity contribution in [1.82, 2.24) is 9.55 Å². The molecular weight excluding hydrogens is 178 g/mol. The zero-order valence-corrected chi connectivity index (χ0v) is 8.79. The standard InChI is InChI=1S/C10H17N3O/c1-3-13-6-5-11-9(13)12-10(2)4-7-14-8-10/h5-6H,3-4,7-8H2,1-2H3,(H,11,12). The topological polar surface area (TPSA) is 39.1 Å². The summed E-state index contributed by atoms with van der Waals surface area (Å²) in [5, 5.41) is 3.44. The van der Waals surface area contributed by atoms with Gasteiger partial charge in [0.15, 0.2) is 0 Å². The third kappa shape index (κ3) is 1.75. The molecule has 0 aromatic carbocycles. The first-order chi connectivity index (χ1) is 6.73. The molecule has 0 aliphatic carbocycles. The molecular formula is C10H17N3O. The first-order valence-electron chi connectivity index (χ1n) is 5.10. The molecule has 2 heterocycles. The molecule has 1 fully saturated rings. The Morgan fingerprint density at radius 2 is 2.57 bits per heavy atom. The van der Waals surface area contributed by atoms with Gasteiger partial charge in [-0.1, -0.05) is 0 Å². The molecule has 0 radical (unpaired) electrons. The second kappa shape index (κ2) is 3.61. The van der Waals surface area contributed by atoms with Crippen molar-refractivity contribution in [2.24, 2.45) is 0 Å². The van der Waals surface area contributed by atoms with E-state index < -0.39 is 0 Å². The van der Waals surface area contributed by atoms with Crippen LogP contribution in [-0.2, 0) is 11.3 Å². The van der Waals surface area contributed by atoms with Crippen LogP contribution in [0.3, 0.4) is 0 Å². The molecule has 0 saturated carbocycles. The third-order valence-electron chi connectivity index (χ3n) is 2.69. The molecule has 14 heavy (non-hydrogen) atoms. The van der Waals surface area contributed by atoms with Gasteiger partial charge in [-0.2, -0.15) is 0 Å². The number of hydrogen-bond donors (Lipinski definition) is 1. The molecule has 1 atom stereocenters. The van der Waals surface area contributed by atoms with Gasteiger partial charge in [-0.3, -0.25) is 0 Å². The van der Waals surface area contributed by atoms with Gasteiger partial charge in [-0.25, -0.2) is 4.98 Å². The average Bonchev–Trinajstić information content (AvgIpc) is 2.75. The second-order valence-corrected chi connectivity index (χ2v) is 4.03. The minimum atomic E-state index is 0.0538. The number of anilines is 1. The van der Waals surface area contributed by atoms with Gasteiger partial charge in [0.1, 0.15) is 0 Å². The largest absolute Gasteiger partial charge is 0.379 e. The van der Waals surface area contributed by atoms with E-state index in [1.54, 1.807) is 0 Å². The van der Waals surface area contributed by atoms with Crippen molar-refractivity contribution >= 4 is 5.95 Å². The zero-order valence-electron chi connectivity index (χ0n) is 8.79. The summed E-state index contributed by atoms with van der Waals surface area (Å²) in [6, 6.07) is 0. The third-order valence-corrected chi connectivity index (χ3v) is 2.69. The SMILES string of the molecule is CCn1ccnc1NC1(C)CCOC1. The average molecular weight is 195 g/mol. The molecule has 0 bridgehead atoms. The van der Waals surface area contributed by atoms with Gasteiger partial charge in [0.05, 0.1) is 12.1 Å². The van der Waals surface area contributed by atoms with Gasteiger partial charge < -0.3 is 14.6 Å². The van der Waals surface area contributed by atoms with E-state index in [1.165, 1.54) is 0 Å². The Morgan fingerprint density at radius 1 is 1.71 bits per heavy atom. The van der Waals surface area contributed by atoms with Crippen molar-refractivity contribution < 1.29 is 4.74 Å². The first kappa shape index (κ1) is 9.52. The number of hydrogen-bond acceptors (Lipinski definition) is 3. The first-order valence-corrected chi connectivity index (χ1v) is 5.10. The highest BCUT2D eigenvalue weighted by Crippen LogP contribution is 2.22. The van der Waals surface area contributed by atoms with Crippen LogP contribution in [0, 0.1) is 0 Å². The molecule has 4 heteroatoms. The molecule has 0 spiro atoms. The number of nitrogens with zero attached hydrogens (tertiary/aromatic N) is 2. The minimum Gasteiger partial charge on any atom is -0.379 e. The van der Waals surface area contributed by atoms with E-state index >= 15 is 0 Å². The maximum Gasteiger partial charge on any atom is 0.203 e. The van der Waals surface area contributed by atoms with E-state index in [1.807, 2.05) is 12.4 Å². The van der Waals surface area contributed by atoms with E-state index in [9.17, 15) is 0 Å². The van der Waals surface area contributed by atoms with E-state index in [4.69, 9.17) is 4.74 Å². The van der Waals surface area contributed by atoms with Crippen LogP contribution in [-0.4, -0.2) is 28.3 Å². The molecule has 1 aliphatic rings. The van der Waals surface area contributed by atoms with Crippen molar-refractivity contribution in [3.8, 4) is 0 Å². The Kier molecular flexibility index (Phi) is 2.46. The minimum absolute atomic E-state index is 0.0538. The molecule has 1 saturated heterocycles. The summed E-state index contributed by atoms with van der Waals surface area (Å²) < 4.78 is 7.48. The number of imidazole rings is 1. The van der Waals surface area contributed by atoms with E-state index in [2.05, 4.69) is 28.7 Å². The van der Waals surface area contributed by atoms with Crippen molar-refractivity contribution in [2.45, 2.75) is 32.4 Å². The highest BCUT2D eigenvalue weighted by atomic mass is 16.5. The summed E-state index contributed by atoms with van der Waals surface area (Å²) in [4.78, 5) is 4.29. The van der Waals surface area contributed by atoms with E-state index in [-0.39, 0.29) is 5.54 Å². The Bertz CT molecular complexity index is 302. The Labute approximate surface area is 84.3 Å². The molecule has 1 aromatic rings. The van der Waals surface area contributed by atoms with Crippen molar-refractivity contribution in [3.63, 3.8) is 0 Å². The predicted octanol–water partition coefficient (Wildman–Crippen LogP) is 1.49. The lowest BCUT2D eigenvalue weighted by Crippen LogP contribution is -2.36. The summed E-state index contributed by atoms with van der Waals surface area (Å²) in [6.07, 6.45) is 4.86. The summed E-state index contributed by atoms with van der Waals surface area (Å²) in [5.41, 5.74) is 0.0538. The maximum absolute atomic E-state index is 5.38. The lowest BCUT2D eigenvalue weighted by atomic mass is 10.0. The van der Waals surface area contributed by atoms with Crippen molar-refractivity contribution in [2.75, 3.05) is 18.5 Å². The van der Waals surface area contributed by atoms with Gasteiger partial charge in [0.25, 0.3) is 0 Å². The smallest absolute Gasteiger partial charge is 0.203 e. The van der Waals surface area contributed by atoms with Crippen LogP contribution in [0.2, 0.25) is 0 Å². The van der Waals surface area contributed by atoms with Crippen LogP contribution in [0.25, 0.3) is 0 Å². The molecule has 0 amide bonds. The van der Waals surface area contributed by atoms with E-state index in [0.717, 1.165) is 32.1 Å². The summed E-state index contributed by atoms with van der Waals surface area (Å²) >= 11 is 0. The lowest BCUT2D eigenvalue weighted by Gasteiger charge is -2.24. The van der Waals surface area contributed by atoms with Crippen molar-refractivity contribution in [3.05, 3.63) is 12.4 Å². The molecule has 2 rings (SSSR count). The van der Waals surface area contributed by atoms with Gasteiger partial charge in [-0.05, 0) is 20.3 Å². The number of nitrogens with one attached hydrogen (secondary N) is 1. The van der Waals surface area contributed by atoms with E-state index in [0.29, 0.717) is 0 Å². The highest BCUT2D eigenvalue weighted by molar-refractivity contribution is 5.31. The monoisotopic (exact) mass is 195 g/mol. The molecule has 1 aromatic heterocycles. The molecule has 1 aliphatic heterocycles. The molecule has 78 valence electrons. The highest BCUT2D eigenvalue weighted by Gasteiger charge is 2.30. The second-order valence-electron chi connectivity index (χ2n) is 4.03. The van der Waals surface area contributed by atoms with Gasteiger partial charge in [-0.15, -0.1) is 0 Å². The lowest BCUT2D eigenvalue weighted by molar-refractivity contribution is 0.185.